The summed E-state index contributed by atoms with van der Waals surface area (Å²) in [6.45, 7) is 8.56. The first kappa shape index (κ1) is 28.9. The third-order valence-electron chi connectivity index (χ3n) is 5.99. The van der Waals surface area contributed by atoms with Gasteiger partial charge in [0.05, 0.1) is 40.2 Å². The standard InChI is InChI=1S/C25H29ClN6O5S2/c1-4-36-22(34)5-6-31-7-8-32(12-15(31)2)21-11-27-18(10-28-21)24(35)30-25-29-23(19-9-17(26)14-38-19)20(39-25)13-37-16(3)33/h9-11,14-15H,4-8,12-13H2,1-3H3,(H,29,30,35)/t15-/m1/s1. The lowest BCUT2D eigenvalue weighted by Gasteiger charge is -2.40. The van der Waals surface area contributed by atoms with Crippen molar-refractivity contribution in [1.82, 2.24) is 19.9 Å². The fourth-order valence-electron chi connectivity index (χ4n) is 4.07. The number of nitrogens with one attached hydrogen (secondary N) is 1. The van der Waals surface area contributed by atoms with Crippen LogP contribution in [0.5, 0.6) is 0 Å². The van der Waals surface area contributed by atoms with E-state index < -0.39 is 11.9 Å². The minimum absolute atomic E-state index is 0.0384. The first-order valence-corrected chi connectivity index (χ1v) is 14.5. The van der Waals surface area contributed by atoms with Crippen molar-refractivity contribution in [2.45, 2.75) is 39.8 Å². The molecule has 1 amide bonds. The van der Waals surface area contributed by atoms with Crippen LogP contribution in [0, 0.1) is 0 Å². The Morgan fingerprint density at radius 2 is 2.03 bits per heavy atom. The second-order valence-corrected chi connectivity index (χ2v) is 11.2. The van der Waals surface area contributed by atoms with E-state index in [1.54, 1.807) is 24.6 Å². The molecule has 0 radical (unpaired) electrons. The monoisotopic (exact) mass is 592 g/mol. The van der Waals surface area contributed by atoms with Crippen LogP contribution in [0.25, 0.3) is 10.6 Å². The molecule has 14 heteroatoms. The quantitative estimate of drug-likeness (QED) is 0.344. The molecule has 4 rings (SSSR count). The zero-order valence-electron chi connectivity index (χ0n) is 21.8. The Morgan fingerprint density at radius 1 is 1.21 bits per heavy atom. The zero-order chi connectivity index (χ0) is 27.9. The van der Waals surface area contributed by atoms with E-state index in [4.69, 9.17) is 21.1 Å². The number of nitrogens with zero attached hydrogens (tertiary/aromatic N) is 5. The van der Waals surface area contributed by atoms with E-state index in [2.05, 4.69) is 37.0 Å². The fourth-order valence-corrected chi connectivity index (χ4v) is 6.11. The van der Waals surface area contributed by atoms with Gasteiger partial charge in [-0.25, -0.2) is 15.0 Å². The van der Waals surface area contributed by atoms with E-state index >= 15 is 0 Å². The number of aromatic nitrogens is 3. The second-order valence-electron chi connectivity index (χ2n) is 8.80. The van der Waals surface area contributed by atoms with E-state index in [0.717, 1.165) is 24.5 Å². The first-order chi connectivity index (χ1) is 18.7. The minimum Gasteiger partial charge on any atom is -0.466 e. The Balaban J connectivity index is 1.37. The molecule has 0 bridgehead atoms. The largest absolute Gasteiger partial charge is 0.466 e. The molecule has 0 unspecified atom stereocenters. The van der Waals surface area contributed by atoms with Crippen molar-refractivity contribution in [3.63, 3.8) is 0 Å². The highest BCUT2D eigenvalue weighted by atomic mass is 35.5. The molecule has 11 nitrogen and oxygen atoms in total. The van der Waals surface area contributed by atoms with Crippen LogP contribution >= 0.6 is 34.3 Å². The van der Waals surface area contributed by atoms with Crippen molar-refractivity contribution in [3.8, 4) is 10.6 Å². The van der Waals surface area contributed by atoms with Crippen LogP contribution in [0.4, 0.5) is 10.9 Å². The van der Waals surface area contributed by atoms with Gasteiger partial charge in [0, 0.05) is 44.5 Å². The second kappa shape index (κ2) is 13.3. The summed E-state index contributed by atoms with van der Waals surface area (Å²) in [7, 11) is 0. The third-order valence-corrected chi connectivity index (χ3v) is 8.22. The van der Waals surface area contributed by atoms with Crippen LogP contribution < -0.4 is 10.2 Å². The van der Waals surface area contributed by atoms with Gasteiger partial charge < -0.3 is 14.4 Å². The number of anilines is 2. The number of rotatable bonds is 10. The smallest absolute Gasteiger partial charge is 0.307 e. The van der Waals surface area contributed by atoms with Crippen LogP contribution in [-0.2, 0) is 25.7 Å². The molecule has 1 atom stereocenters. The Bertz CT molecular complexity index is 1310. The maximum absolute atomic E-state index is 12.9. The summed E-state index contributed by atoms with van der Waals surface area (Å²) < 4.78 is 10.2. The summed E-state index contributed by atoms with van der Waals surface area (Å²) in [5.41, 5.74) is 0.753. The van der Waals surface area contributed by atoms with Crippen molar-refractivity contribution in [2.24, 2.45) is 0 Å². The number of thiophene rings is 1. The van der Waals surface area contributed by atoms with Gasteiger partial charge in [0.2, 0.25) is 0 Å². The molecule has 1 saturated heterocycles. The first-order valence-electron chi connectivity index (χ1n) is 12.4. The van der Waals surface area contributed by atoms with Crippen LogP contribution in [0.1, 0.15) is 42.6 Å². The van der Waals surface area contributed by atoms with Gasteiger partial charge in [-0.2, -0.15) is 0 Å². The Hall–Kier alpha value is -3.13. The topological polar surface area (TPSA) is 127 Å². The highest BCUT2D eigenvalue weighted by Gasteiger charge is 2.25. The third kappa shape index (κ3) is 7.72. The number of ether oxygens (including phenoxy) is 2. The van der Waals surface area contributed by atoms with Gasteiger partial charge in [0.1, 0.15) is 23.8 Å². The molecule has 1 N–H and O–H groups in total. The maximum Gasteiger partial charge on any atom is 0.307 e. The molecular weight excluding hydrogens is 564 g/mol. The van der Waals surface area contributed by atoms with Gasteiger partial charge in [-0.05, 0) is 19.9 Å². The fraction of sp³-hybridized carbons (Fsp3) is 0.440. The average molecular weight is 593 g/mol. The molecule has 39 heavy (non-hydrogen) atoms. The van der Waals surface area contributed by atoms with Gasteiger partial charge in [0.15, 0.2) is 5.13 Å². The zero-order valence-corrected chi connectivity index (χ0v) is 24.2. The highest BCUT2D eigenvalue weighted by molar-refractivity contribution is 7.17. The number of hydrogen-bond donors (Lipinski definition) is 1. The molecule has 3 aromatic rings. The molecule has 0 aromatic carbocycles. The normalized spacial score (nSPS) is 15.7. The summed E-state index contributed by atoms with van der Waals surface area (Å²) >= 11 is 8.70. The molecule has 1 aliphatic rings. The minimum atomic E-state index is -0.449. The van der Waals surface area contributed by atoms with Gasteiger partial charge in [-0.15, -0.1) is 11.3 Å². The van der Waals surface area contributed by atoms with Gasteiger partial charge in [-0.1, -0.05) is 22.9 Å². The predicted octanol–water partition coefficient (Wildman–Crippen LogP) is 4.09. The number of halogens is 1. The lowest BCUT2D eigenvalue weighted by atomic mass is 10.2. The van der Waals surface area contributed by atoms with Crippen LogP contribution in [-0.4, -0.2) is 76.5 Å². The van der Waals surface area contributed by atoms with E-state index in [-0.39, 0.29) is 24.3 Å². The van der Waals surface area contributed by atoms with Crippen LogP contribution in [0.15, 0.2) is 23.8 Å². The molecule has 3 aromatic heterocycles. The van der Waals surface area contributed by atoms with E-state index in [0.29, 0.717) is 46.1 Å². The lowest BCUT2D eigenvalue weighted by Crippen LogP contribution is -2.52. The highest BCUT2D eigenvalue weighted by Crippen LogP contribution is 2.36. The van der Waals surface area contributed by atoms with Crippen molar-refractivity contribution in [2.75, 3.05) is 43.0 Å². The molecule has 4 heterocycles. The number of amides is 1. The van der Waals surface area contributed by atoms with Crippen molar-refractivity contribution in [3.05, 3.63) is 39.4 Å². The van der Waals surface area contributed by atoms with Crippen molar-refractivity contribution in [1.29, 1.82) is 0 Å². The summed E-state index contributed by atoms with van der Waals surface area (Å²) in [5.74, 6) is -0.364. The van der Waals surface area contributed by atoms with Crippen LogP contribution in [0.3, 0.4) is 0 Å². The molecule has 0 saturated carbocycles. The van der Waals surface area contributed by atoms with Gasteiger partial charge in [0.25, 0.3) is 5.91 Å². The average Bonchev–Trinajstić information content (AvgIpc) is 3.52. The summed E-state index contributed by atoms with van der Waals surface area (Å²) in [6, 6.07) is 1.99. The number of carbonyl (C=O) groups is 3. The lowest BCUT2D eigenvalue weighted by molar-refractivity contribution is -0.144. The van der Waals surface area contributed by atoms with Crippen LogP contribution in [0.2, 0.25) is 5.02 Å². The Kier molecular flexibility index (Phi) is 9.83. The number of piperazine rings is 1. The molecule has 208 valence electrons. The number of esters is 2. The van der Waals surface area contributed by atoms with Gasteiger partial charge in [-0.3, -0.25) is 24.6 Å². The maximum atomic E-state index is 12.9. The SMILES string of the molecule is CCOC(=O)CCN1CCN(c2cnc(C(=O)Nc3nc(-c4cc(Cl)cs4)c(COC(C)=O)s3)cn2)C[C@H]1C. The van der Waals surface area contributed by atoms with E-state index in [1.165, 1.54) is 35.8 Å². The predicted molar refractivity (Wildman–Crippen MR) is 150 cm³/mol. The molecule has 1 aliphatic heterocycles. The number of hydrogen-bond acceptors (Lipinski definition) is 12. The van der Waals surface area contributed by atoms with Crippen molar-refractivity contribution < 1.29 is 23.9 Å². The number of carbonyl (C=O) groups excluding carboxylic acids is 3. The molecule has 0 spiro atoms. The summed E-state index contributed by atoms with van der Waals surface area (Å²) in [5, 5.41) is 5.48. The molecular formula is C25H29ClN6O5S2. The van der Waals surface area contributed by atoms with E-state index in [9.17, 15) is 14.4 Å². The summed E-state index contributed by atoms with van der Waals surface area (Å²) in [4.78, 5) is 55.1. The molecule has 1 fully saturated rings. The Labute approximate surface area is 239 Å². The molecule has 0 aliphatic carbocycles. The van der Waals surface area contributed by atoms with E-state index in [1.807, 2.05) is 0 Å². The Morgan fingerprint density at radius 3 is 2.67 bits per heavy atom. The van der Waals surface area contributed by atoms with Crippen molar-refractivity contribution >= 4 is 63.1 Å². The van der Waals surface area contributed by atoms with Gasteiger partial charge >= 0.3 is 11.9 Å². The summed E-state index contributed by atoms with van der Waals surface area (Å²) in [6.07, 6.45) is 3.40. The number of thiazole rings is 1.